The number of aromatic nitrogens is 4. The molecule has 7 nitrogen and oxygen atoms in total. The number of rotatable bonds is 3. The minimum atomic E-state index is 0.130. The fraction of sp³-hybridized carbons (Fsp3) is 0.100. The van der Waals surface area contributed by atoms with E-state index in [9.17, 15) is 0 Å². The summed E-state index contributed by atoms with van der Waals surface area (Å²) in [4.78, 5) is 1.30. The summed E-state index contributed by atoms with van der Waals surface area (Å²) in [5.41, 5.74) is 6.57. The Morgan fingerprint density at radius 2 is 2.12 bits per heavy atom. The quantitative estimate of drug-likeness (QED) is 0.453. The van der Waals surface area contributed by atoms with Gasteiger partial charge in [0.25, 0.3) is 0 Å². The summed E-state index contributed by atoms with van der Waals surface area (Å²) >= 11 is 0. The number of hydrogen-bond acceptors (Lipinski definition) is 5. The lowest BCUT2D eigenvalue weighted by Gasteiger charge is -1.90. The van der Waals surface area contributed by atoms with Gasteiger partial charge in [-0.15, -0.1) is 15.3 Å². The topological polar surface area (TPSA) is 94.3 Å². The molecule has 0 atom stereocenters. The molecule has 1 aromatic heterocycles. The van der Waals surface area contributed by atoms with Crippen molar-refractivity contribution in [2.24, 2.45) is 23.0 Å². The van der Waals surface area contributed by atoms with E-state index in [0.29, 0.717) is 0 Å². The van der Waals surface area contributed by atoms with E-state index in [4.69, 9.17) is 5.73 Å². The third-order valence-corrected chi connectivity index (χ3v) is 1.91. The molecule has 0 spiro atoms. The lowest BCUT2D eigenvalue weighted by Crippen LogP contribution is -2.15. The van der Waals surface area contributed by atoms with Crippen LogP contribution in [0, 0.1) is 0 Å². The number of aryl methyl sites for hydroxylation is 1. The highest BCUT2D eigenvalue weighted by Crippen LogP contribution is 1.94. The van der Waals surface area contributed by atoms with Gasteiger partial charge >= 0.3 is 0 Å². The summed E-state index contributed by atoms with van der Waals surface area (Å²) in [6.45, 7) is 0. The van der Waals surface area contributed by atoms with Crippen molar-refractivity contribution in [3.05, 3.63) is 41.7 Å². The molecule has 2 N–H and O–H groups in total. The van der Waals surface area contributed by atoms with Crippen LogP contribution in [-0.2, 0) is 7.05 Å². The van der Waals surface area contributed by atoms with Crippen LogP contribution in [-0.4, -0.2) is 32.3 Å². The van der Waals surface area contributed by atoms with Crippen LogP contribution < -0.4 is 5.73 Å². The van der Waals surface area contributed by atoms with Gasteiger partial charge in [0.15, 0.2) is 5.84 Å². The zero-order chi connectivity index (χ0) is 12.1. The van der Waals surface area contributed by atoms with E-state index in [1.807, 2.05) is 30.3 Å². The molecule has 0 saturated heterocycles. The standard InChI is InChI=1S/C10H11N7/c1-17-15-10(14-16-17)9(11)13-12-7-8-5-3-2-4-6-8/h2-7H,1H3,(H2,11,13)/b12-7-. The number of tetrazole rings is 1. The normalized spacial score (nSPS) is 12.2. The maximum absolute atomic E-state index is 5.63. The Morgan fingerprint density at radius 3 is 2.76 bits per heavy atom. The smallest absolute Gasteiger partial charge is 0.241 e. The van der Waals surface area contributed by atoms with Gasteiger partial charge in [0, 0.05) is 0 Å². The number of amidine groups is 1. The van der Waals surface area contributed by atoms with Crippen molar-refractivity contribution in [3.63, 3.8) is 0 Å². The molecule has 1 aromatic carbocycles. The van der Waals surface area contributed by atoms with E-state index in [2.05, 4.69) is 25.6 Å². The second-order valence-corrected chi connectivity index (χ2v) is 3.24. The average molecular weight is 229 g/mol. The van der Waals surface area contributed by atoms with Gasteiger partial charge in [-0.05, 0) is 10.8 Å². The van der Waals surface area contributed by atoms with Gasteiger partial charge in [0.05, 0.1) is 13.3 Å². The lowest BCUT2D eigenvalue weighted by molar-refractivity contribution is 0.629. The second-order valence-electron chi connectivity index (χ2n) is 3.24. The number of hydrogen-bond donors (Lipinski definition) is 1. The maximum atomic E-state index is 5.63. The first kappa shape index (κ1) is 10.9. The van der Waals surface area contributed by atoms with Crippen LogP contribution in [0.25, 0.3) is 0 Å². The molecule has 0 unspecified atom stereocenters. The number of nitrogens with two attached hydrogens (primary N) is 1. The largest absolute Gasteiger partial charge is 0.379 e. The second kappa shape index (κ2) is 4.97. The summed E-state index contributed by atoms with van der Waals surface area (Å²) in [5, 5.41) is 18.9. The molecule has 0 bridgehead atoms. The minimum Gasteiger partial charge on any atom is -0.379 e. The molecule has 0 radical (unpaired) electrons. The van der Waals surface area contributed by atoms with Gasteiger partial charge < -0.3 is 5.73 Å². The van der Waals surface area contributed by atoms with E-state index >= 15 is 0 Å². The van der Waals surface area contributed by atoms with E-state index in [0.717, 1.165) is 5.56 Å². The summed E-state index contributed by atoms with van der Waals surface area (Å²) in [6, 6.07) is 9.58. The molecule has 0 aliphatic rings. The Bertz CT molecular complexity index is 541. The van der Waals surface area contributed by atoms with Gasteiger partial charge in [0.2, 0.25) is 5.82 Å². The highest BCUT2D eigenvalue weighted by Gasteiger charge is 2.04. The number of nitrogens with zero attached hydrogens (tertiary/aromatic N) is 6. The van der Waals surface area contributed by atoms with Gasteiger partial charge in [0.1, 0.15) is 0 Å². The Hall–Kier alpha value is -2.57. The van der Waals surface area contributed by atoms with Crippen molar-refractivity contribution in [1.29, 1.82) is 0 Å². The summed E-state index contributed by atoms with van der Waals surface area (Å²) in [6.07, 6.45) is 1.60. The fourth-order valence-corrected chi connectivity index (χ4v) is 1.13. The van der Waals surface area contributed by atoms with Gasteiger partial charge in [-0.2, -0.15) is 9.90 Å². The van der Waals surface area contributed by atoms with Crippen molar-refractivity contribution in [3.8, 4) is 0 Å². The molecule has 0 saturated carbocycles. The van der Waals surface area contributed by atoms with E-state index < -0.39 is 0 Å². The first-order chi connectivity index (χ1) is 8.25. The molecule has 1 heterocycles. The molecule has 86 valence electrons. The monoisotopic (exact) mass is 229 g/mol. The predicted octanol–water partition coefficient (Wildman–Crippen LogP) is -0.0505. The van der Waals surface area contributed by atoms with Gasteiger partial charge in [-0.3, -0.25) is 0 Å². The Morgan fingerprint density at radius 1 is 1.35 bits per heavy atom. The highest BCUT2D eigenvalue weighted by molar-refractivity contribution is 5.94. The Labute approximate surface area is 97.7 Å². The third kappa shape index (κ3) is 2.94. The molecule has 0 amide bonds. The Balaban J connectivity index is 2.08. The van der Waals surface area contributed by atoms with Crippen molar-refractivity contribution in [2.45, 2.75) is 0 Å². The van der Waals surface area contributed by atoms with Crippen molar-refractivity contribution >= 4 is 12.1 Å². The molecule has 17 heavy (non-hydrogen) atoms. The zero-order valence-electron chi connectivity index (χ0n) is 9.22. The van der Waals surface area contributed by atoms with Crippen LogP contribution in [0.3, 0.4) is 0 Å². The van der Waals surface area contributed by atoms with Crippen LogP contribution in [0.2, 0.25) is 0 Å². The molecule has 2 aromatic rings. The van der Waals surface area contributed by atoms with Gasteiger partial charge in [-0.25, -0.2) is 0 Å². The molecular weight excluding hydrogens is 218 g/mol. The third-order valence-electron chi connectivity index (χ3n) is 1.91. The maximum Gasteiger partial charge on any atom is 0.241 e. The molecule has 0 fully saturated rings. The van der Waals surface area contributed by atoms with E-state index in [1.165, 1.54) is 4.80 Å². The lowest BCUT2D eigenvalue weighted by atomic mass is 10.2. The van der Waals surface area contributed by atoms with Crippen LogP contribution in [0.5, 0.6) is 0 Å². The SMILES string of the molecule is Cn1nnc(/C(N)=N\N=C/c2ccccc2)n1. The predicted molar refractivity (Wildman–Crippen MR) is 63.6 cm³/mol. The fourth-order valence-electron chi connectivity index (χ4n) is 1.13. The van der Waals surface area contributed by atoms with Crippen LogP contribution >= 0.6 is 0 Å². The van der Waals surface area contributed by atoms with Gasteiger partial charge in [-0.1, -0.05) is 30.3 Å². The molecule has 0 aliphatic carbocycles. The summed E-state index contributed by atoms with van der Waals surface area (Å²) in [5.74, 6) is 0.392. The van der Waals surface area contributed by atoms with Crippen molar-refractivity contribution in [2.75, 3.05) is 0 Å². The van der Waals surface area contributed by atoms with Crippen molar-refractivity contribution < 1.29 is 0 Å². The number of benzene rings is 1. The van der Waals surface area contributed by atoms with Crippen LogP contribution in [0.15, 0.2) is 40.5 Å². The average Bonchev–Trinajstić information content (AvgIpc) is 2.77. The van der Waals surface area contributed by atoms with Crippen LogP contribution in [0.1, 0.15) is 11.4 Å². The minimum absolute atomic E-state index is 0.130. The summed E-state index contributed by atoms with van der Waals surface area (Å²) in [7, 11) is 1.65. The van der Waals surface area contributed by atoms with Crippen LogP contribution in [0.4, 0.5) is 0 Å². The molecule has 0 aliphatic heterocycles. The van der Waals surface area contributed by atoms with E-state index in [-0.39, 0.29) is 11.7 Å². The van der Waals surface area contributed by atoms with E-state index in [1.54, 1.807) is 13.3 Å². The Kier molecular flexibility index (Phi) is 3.20. The van der Waals surface area contributed by atoms with Crippen molar-refractivity contribution in [1.82, 2.24) is 20.2 Å². The molecule has 7 heteroatoms. The zero-order valence-corrected chi connectivity index (χ0v) is 9.22. The highest BCUT2D eigenvalue weighted by atomic mass is 15.6. The molecular formula is C10H11N7. The first-order valence-corrected chi connectivity index (χ1v) is 4.91. The molecule has 2 rings (SSSR count). The summed E-state index contributed by atoms with van der Waals surface area (Å²) < 4.78 is 0. The first-order valence-electron chi connectivity index (χ1n) is 4.91.